The highest BCUT2D eigenvalue weighted by atomic mass is 35.5. The van der Waals surface area contributed by atoms with E-state index in [1.807, 2.05) is 24.3 Å². The molecule has 0 aliphatic carbocycles. The van der Waals surface area contributed by atoms with Crippen LogP contribution in [0.4, 0.5) is 5.82 Å². The number of nitrogens with zero attached hydrogens (tertiary/aromatic N) is 4. The van der Waals surface area contributed by atoms with Crippen molar-refractivity contribution in [2.24, 2.45) is 0 Å². The Kier molecular flexibility index (Phi) is 5.53. The average molecular weight is 347 g/mol. The van der Waals surface area contributed by atoms with Crippen LogP contribution in [0.1, 0.15) is 18.4 Å². The third-order valence-electron chi connectivity index (χ3n) is 4.59. The molecule has 0 saturated carbocycles. The Hall–Kier alpha value is -1.85. The molecule has 1 aliphatic heterocycles. The predicted molar refractivity (Wildman–Crippen MR) is 96.7 cm³/mol. The maximum Gasteiger partial charge on any atom is 0.318 e. The van der Waals surface area contributed by atoms with Crippen LogP contribution in [0.3, 0.4) is 0 Å². The zero-order chi connectivity index (χ0) is 16.9. The van der Waals surface area contributed by atoms with Crippen LogP contribution in [0.25, 0.3) is 0 Å². The minimum absolute atomic E-state index is 0.422. The summed E-state index contributed by atoms with van der Waals surface area (Å²) in [6, 6.07) is 11.0. The van der Waals surface area contributed by atoms with Gasteiger partial charge in [0.1, 0.15) is 5.82 Å². The van der Waals surface area contributed by atoms with E-state index in [2.05, 4.69) is 32.9 Å². The van der Waals surface area contributed by atoms with Gasteiger partial charge in [-0.15, -0.1) is 0 Å². The van der Waals surface area contributed by atoms with Gasteiger partial charge >= 0.3 is 6.01 Å². The quantitative estimate of drug-likeness (QED) is 0.831. The molecule has 2 aromatic rings. The van der Waals surface area contributed by atoms with Gasteiger partial charge in [0.25, 0.3) is 0 Å². The lowest BCUT2D eigenvalue weighted by atomic mass is 10.0. The smallest absolute Gasteiger partial charge is 0.318 e. The molecule has 3 rings (SSSR count). The zero-order valence-corrected chi connectivity index (χ0v) is 14.9. The summed E-state index contributed by atoms with van der Waals surface area (Å²) in [6.07, 6.45) is 3.96. The van der Waals surface area contributed by atoms with E-state index in [1.54, 1.807) is 13.3 Å². The van der Waals surface area contributed by atoms with Gasteiger partial charge in [-0.25, -0.2) is 4.98 Å². The molecule has 1 fully saturated rings. The highest BCUT2D eigenvalue weighted by Gasteiger charge is 2.23. The summed E-state index contributed by atoms with van der Waals surface area (Å²) in [5.74, 6) is 0.939. The summed E-state index contributed by atoms with van der Waals surface area (Å²) in [6.45, 7) is 2.85. The van der Waals surface area contributed by atoms with Crippen molar-refractivity contribution in [1.29, 1.82) is 0 Å². The van der Waals surface area contributed by atoms with Gasteiger partial charge in [0.15, 0.2) is 0 Å². The second kappa shape index (κ2) is 7.81. The third kappa shape index (κ3) is 3.97. The summed E-state index contributed by atoms with van der Waals surface area (Å²) >= 11 is 6.28. The molecule has 0 radical (unpaired) electrons. The van der Waals surface area contributed by atoms with Crippen LogP contribution >= 0.6 is 11.6 Å². The molecule has 0 unspecified atom stereocenters. The van der Waals surface area contributed by atoms with Crippen LogP contribution in [0, 0.1) is 0 Å². The second-order valence-corrected chi connectivity index (χ2v) is 6.53. The minimum atomic E-state index is 0.422. The van der Waals surface area contributed by atoms with Crippen molar-refractivity contribution in [1.82, 2.24) is 14.9 Å². The molecule has 1 aliphatic rings. The monoisotopic (exact) mass is 346 g/mol. The van der Waals surface area contributed by atoms with Gasteiger partial charge in [0, 0.05) is 36.9 Å². The molecule has 1 aromatic heterocycles. The van der Waals surface area contributed by atoms with Gasteiger partial charge in [-0.05, 0) is 37.6 Å². The molecule has 24 heavy (non-hydrogen) atoms. The Labute approximate surface area is 148 Å². The first-order chi connectivity index (χ1) is 11.7. The van der Waals surface area contributed by atoms with Crippen molar-refractivity contribution in [2.45, 2.75) is 25.4 Å². The summed E-state index contributed by atoms with van der Waals surface area (Å²) in [4.78, 5) is 13.2. The summed E-state index contributed by atoms with van der Waals surface area (Å²) in [5, 5.41) is 0.842. The highest BCUT2D eigenvalue weighted by Crippen LogP contribution is 2.24. The number of aromatic nitrogens is 2. The summed E-state index contributed by atoms with van der Waals surface area (Å²) in [5.41, 5.74) is 1.18. The molecule has 0 bridgehead atoms. The topological polar surface area (TPSA) is 41.5 Å². The molecule has 5 nitrogen and oxygen atoms in total. The van der Waals surface area contributed by atoms with E-state index in [-0.39, 0.29) is 0 Å². The number of piperidine rings is 1. The van der Waals surface area contributed by atoms with Gasteiger partial charge in [-0.3, -0.25) is 4.90 Å². The van der Waals surface area contributed by atoms with Crippen molar-refractivity contribution < 1.29 is 4.74 Å². The molecule has 6 heteroatoms. The lowest BCUT2D eigenvalue weighted by Gasteiger charge is -2.37. The van der Waals surface area contributed by atoms with Gasteiger partial charge in [0.05, 0.1) is 7.11 Å². The molecule has 0 spiro atoms. The van der Waals surface area contributed by atoms with Crippen LogP contribution in [0.2, 0.25) is 5.02 Å². The molecule has 128 valence electrons. The number of ether oxygens (including phenoxy) is 1. The zero-order valence-electron chi connectivity index (χ0n) is 14.2. The third-order valence-corrected chi connectivity index (χ3v) is 4.96. The predicted octanol–water partition coefficient (Wildman–Crippen LogP) is 3.24. The number of benzene rings is 1. The molecule has 2 heterocycles. The van der Waals surface area contributed by atoms with E-state index in [1.165, 1.54) is 5.56 Å². The Bertz CT molecular complexity index is 674. The summed E-state index contributed by atoms with van der Waals surface area (Å²) in [7, 11) is 3.77. The van der Waals surface area contributed by atoms with E-state index in [9.17, 15) is 0 Å². The number of halogens is 1. The normalized spacial score (nSPS) is 15.8. The Morgan fingerprint density at radius 2 is 2.00 bits per heavy atom. The average Bonchev–Trinajstić information content (AvgIpc) is 2.64. The van der Waals surface area contributed by atoms with Crippen LogP contribution in [0.15, 0.2) is 36.5 Å². The molecule has 0 N–H and O–H groups in total. The molecule has 1 saturated heterocycles. The Morgan fingerprint density at radius 3 is 2.71 bits per heavy atom. The van der Waals surface area contributed by atoms with E-state index >= 15 is 0 Å². The van der Waals surface area contributed by atoms with Gasteiger partial charge < -0.3 is 9.64 Å². The van der Waals surface area contributed by atoms with Crippen molar-refractivity contribution in [2.75, 3.05) is 32.1 Å². The maximum atomic E-state index is 6.28. The fourth-order valence-electron chi connectivity index (χ4n) is 3.17. The van der Waals surface area contributed by atoms with Crippen molar-refractivity contribution >= 4 is 17.4 Å². The number of anilines is 1. The lowest BCUT2D eigenvalue weighted by molar-refractivity contribution is 0.200. The first kappa shape index (κ1) is 17.0. The van der Waals surface area contributed by atoms with Crippen LogP contribution in [0.5, 0.6) is 6.01 Å². The fraction of sp³-hybridized carbons (Fsp3) is 0.444. The van der Waals surface area contributed by atoms with E-state index in [4.69, 9.17) is 16.3 Å². The van der Waals surface area contributed by atoms with Gasteiger partial charge in [-0.1, -0.05) is 29.8 Å². The standard InChI is InChI=1S/C18H23ClN4O/c1-22(13-14-5-3-4-6-16(14)19)15-8-11-23(12-9-15)17-7-10-20-18(21-17)24-2/h3-7,10,15H,8-9,11-13H2,1-2H3. The Balaban J connectivity index is 1.57. The second-order valence-electron chi connectivity index (χ2n) is 6.13. The van der Waals surface area contributed by atoms with Crippen LogP contribution < -0.4 is 9.64 Å². The van der Waals surface area contributed by atoms with Crippen LogP contribution in [-0.4, -0.2) is 48.2 Å². The van der Waals surface area contributed by atoms with E-state index < -0.39 is 0 Å². The SMILES string of the molecule is COc1nccc(N2CCC(N(C)Cc3ccccc3Cl)CC2)n1. The Morgan fingerprint density at radius 1 is 1.25 bits per heavy atom. The lowest BCUT2D eigenvalue weighted by Crippen LogP contribution is -2.43. The number of hydrogen-bond acceptors (Lipinski definition) is 5. The van der Waals surface area contributed by atoms with Crippen molar-refractivity contribution in [3.63, 3.8) is 0 Å². The van der Waals surface area contributed by atoms with Crippen molar-refractivity contribution in [3.8, 4) is 6.01 Å². The first-order valence-corrected chi connectivity index (χ1v) is 8.61. The number of hydrogen-bond donors (Lipinski definition) is 0. The molecule has 0 atom stereocenters. The first-order valence-electron chi connectivity index (χ1n) is 8.23. The fourth-order valence-corrected chi connectivity index (χ4v) is 3.36. The summed E-state index contributed by atoms with van der Waals surface area (Å²) < 4.78 is 5.11. The number of rotatable bonds is 5. The highest BCUT2D eigenvalue weighted by molar-refractivity contribution is 6.31. The minimum Gasteiger partial charge on any atom is -0.467 e. The van der Waals surface area contributed by atoms with E-state index in [0.29, 0.717) is 12.1 Å². The molecule has 0 amide bonds. The largest absolute Gasteiger partial charge is 0.467 e. The molecular formula is C18H23ClN4O. The molecule has 1 aromatic carbocycles. The van der Waals surface area contributed by atoms with Gasteiger partial charge in [0.2, 0.25) is 0 Å². The number of methoxy groups -OCH3 is 1. The van der Waals surface area contributed by atoms with Crippen molar-refractivity contribution in [3.05, 3.63) is 47.1 Å². The maximum absolute atomic E-state index is 6.28. The molecular weight excluding hydrogens is 324 g/mol. The van der Waals surface area contributed by atoms with Crippen LogP contribution in [-0.2, 0) is 6.54 Å². The van der Waals surface area contributed by atoms with E-state index in [0.717, 1.165) is 43.3 Å². The van der Waals surface area contributed by atoms with Gasteiger partial charge in [-0.2, -0.15) is 4.98 Å².